The van der Waals surface area contributed by atoms with Gasteiger partial charge in [-0.1, -0.05) is 12.1 Å². The lowest BCUT2D eigenvalue weighted by atomic mass is 9.90. The molecule has 3 heterocycles. The minimum Gasteiger partial charge on any atom is -0.306 e. The minimum absolute atomic E-state index is 0.102. The van der Waals surface area contributed by atoms with Crippen LogP contribution in [0.25, 0.3) is 5.70 Å². The number of benzene rings is 1. The summed E-state index contributed by atoms with van der Waals surface area (Å²) in [5, 5.41) is 8.66. The van der Waals surface area contributed by atoms with E-state index in [1.54, 1.807) is 12.1 Å². The first-order valence-electron chi connectivity index (χ1n) is 7.99. The van der Waals surface area contributed by atoms with Gasteiger partial charge in [0.05, 0.1) is 11.3 Å². The number of hydrogen-bond acceptors (Lipinski definition) is 6. The van der Waals surface area contributed by atoms with Crippen LogP contribution in [0.3, 0.4) is 0 Å². The topological polar surface area (TPSA) is 78.3 Å². The molecule has 1 aromatic carbocycles. The Kier molecular flexibility index (Phi) is 4.31. The lowest BCUT2D eigenvalue weighted by Crippen LogP contribution is -2.31. The molecule has 5 rings (SSSR count). The number of hydrogen-bond donors (Lipinski definition) is 2. The standard InChI is InChI=1S/C17H13F3N4O2S/c18-17(19,20)27-13-3-1-2-9(6-13)14-10-4-12(5-10)24(14)16-21-7-11(8-22-16)15(25)23-26/h1-3,6-8,12,26H,4-5H2,(H,23,25). The Morgan fingerprint density at radius 3 is 2.59 bits per heavy atom. The van der Waals surface area contributed by atoms with E-state index in [2.05, 4.69) is 9.97 Å². The largest absolute Gasteiger partial charge is 0.446 e. The number of aromatic nitrogens is 2. The predicted molar refractivity (Wildman–Crippen MR) is 92.1 cm³/mol. The summed E-state index contributed by atoms with van der Waals surface area (Å²) >= 11 is -0.147. The van der Waals surface area contributed by atoms with Gasteiger partial charge in [-0.2, -0.15) is 13.2 Å². The molecule has 6 nitrogen and oxygen atoms in total. The van der Waals surface area contributed by atoms with Crippen LogP contribution in [0.2, 0.25) is 0 Å². The van der Waals surface area contributed by atoms with Gasteiger partial charge in [-0.3, -0.25) is 10.0 Å². The summed E-state index contributed by atoms with van der Waals surface area (Å²) < 4.78 is 38.0. The first-order chi connectivity index (χ1) is 12.9. The summed E-state index contributed by atoms with van der Waals surface area (Å²) in [5.74, 6) is -0.353. The number of carbonyl (C=O) groups excluding carboxylic acids is 1. The van der Waals surface area contributed by atoms with E-state index in [-0.39, 0.29) is 28.3 Å². The fraction of sp³-hybridized carbons (Fsp3) is 0.235. The molecule has 0 unspecified atom stereocenters. The maximum atomic E-state index is 12.7. The smallest absolute Gasteiger partial charge is 0.306 e. The second-order valence-corrected chi connectivity index (χ2v) is 7.31. The molecule has 2 bridgehead atoms. The van der Waals surface area contributed by atoms with Crippen molar-refractivity contribution in [2.45, 2.75) is 29.3 Å². The third-order valence-corrected chi connectivity index (χ3v) is 5.18. The second kappa shape index (κ2) is 6.54. The molecule has 27 heavy (non-hydrogen) atoms. The average molecular weight is 394 g/mol. The molecule has 3 aliphatic rings. The Morgan fingerprint density at radius 1 is 1.26 bits per heavy atom. The Labute approximate surface area is 156 Å². The first kappa shape index (κ1) is 17.8. The van der Waals surface area contributed by atoms with Gasteiger partial charge in [0.25, 0.3) is 5.91 Å². The number of nitrogens with one attached hydrogen (secondary N) is 1. The molecule has 1 aromatic heterocycles. The molecule has 2 N–H and O–H groups in total. The third-order valence-electron chi connectivity index (χ3n) is 4.46. The molecule has 140 valence electrons. The molecule has 0 spiro atoms. The molecule has 1 amide bonds. The number of hydroxylamine groups is 1. The Hall–Kier alpha value is -2.59. The second-order valence-electron chi connectivity index (χ2n) is 6.17. The van der Waals surface area contributed by atoms with Gasteiger partial charge in [-0.05, 0) is 47.9 Å². The van der Waals surface area contributed by atoms with E-state index in [9.17, 15) is 18.0 Å². The van der Waals surface area contributed by atoms with Gasteiger partial charge in [-0.25, -0.2) is 15.4 Å². The summed E-state index contributed by atoms with van der Waals surface area (Å²) in [5.41, 5.74) is -0.0823. The number of carbonyl (C=O) groups is 1. The summed E-state index contributed by atoms with van der Waals surface area (Å²) in [6.07, 6.45) is 4.21. The normalized spacial score (nSPS) is 16.5. The van der Waals surface area contributed by atoms with Gasteiger partial charge >= 0.3 is 5.51 Å². The van der Waals surface area contributed by atoms with Crippen LogP contribution < -0.4 is 10.4 Å². The average Bonchev–Trinajstić information content (AvgIpc) is 3.15. The molecule has 1 saturated carbocycles. The molecular weight excluding hydrogens is 381 g/mol. The lowest BCUT2D eigenvalue weighted by Gasteiger charge is -2.27. The van der Waals surface area contributed by atoms with Crippen LogP contribution in [0, 0.1) is 0 Å². The van der Waals surface area contributed by atoms with Gasteiger partial charge in [0, 0.05) is 23.3 Å². The van der Waals surface area contributed by atoms with E-state index >= 15 is 0 Å². The first-order valence-corrected chi connectivity index (χ1v) is 8.81. The molecule has 0 atom stereocenters. The predicted octanol–water partition coefficient (Wildman–Crippen LogP) is 3.60. The number of halogens is 3. The van der Waals surface area contributed by atoms with Crippen LogP contribution in [-0.2, 0) is 0 Å². The van der Waals surface area contributed by atoms with Crippen molar-refractivity contribution in [2.75, 3.05) is 4.90 Å². The number of anilines is 1. The number of nitrogens with zero attached hydrogens (tertiary/aromatic N) is 3. The van der Waals surface area contributed by atoms with Crippen LogP contribution >= 0.6 is 11.8 Å². The Bertz CT molecular complexity index is 923. The van der Waals surface area contributed by atoms with Crippen molar-refractivity contribution in [3.05, 3.63) is 53.4 Å². The summed E-state index contributed by atoms with van der Waals surface area (Å²) in [6.45, 7) is 0. The van der Waals surface area contributed by atoms with Crippen molar-refractivity contribution in [3.63, 3.8) is 0 Å². The van der Waals surface area contributed by atoms with Crippen molar-refractivity contribution in [2.24, 2.45) is 0 Å². The number of alkyl halides is 3. The number of thioether (sulfide) groups is 1. The number of amides is 1. The van der Waals surface area contributed by atoms with E-state index in [0.29, 0.717) is 11.5 Å². The van der Waals surface area contributed by atoms with Crippen molar-refractivity contribution >= 4 is 29.3 Å². The zero-order chi connectivity index (χ0) is 19.2. The molecule has 1 aliphatic carbocycles. The van der Waals surface area contributed by atoms with Gasteiger partial charge in [0.15, 0.2) is 0 Å². The molecule has 1 fully saturated rings. The van der Waals surface area contributed by atoms with Crippen molar-refractivity contribution in [1.29, 1.82) is 0 Å². The monoisotopic (exact) mass is 394 g/mol. The summed E-state index contributed by atoms with van der Waals surface area (Å²) in [6, 6.07) is 6.47. The zero-order valence-electron chi connectivity index (χ0n) is 13.7. The third kappa shape index (κ3) is 3.37. The molecule has 10 heteroatoms. The maximum absolute atomic E-state index is 12.7. The fourth-order valence-electron chi connectivity index (χ4n) is 3.31. The van der Waals surface area contributed by atoms with Crippen LogP contribution in [0.4, 0.5) is 19.1 Å². The highest BCUT2D eigenvalue weighted by molar-refractivity contribution is 8.00. The quantitative estimate of drug-likeness (QED) is 0.469. The van der Waals surface area contributed by atoms with Gasteiger partial charge in [0.2, 0.25) is 5.95 Å². The molecule has 0 saturated heterocycles. The Balaban J connectivity index is 1.64. The van der Waals surface area contributed by atoms with Gasteiger partial charge < -0.3 is 4.90 Å². The van der Waals surface area contributed by atoms with E-state index in [1.165, 1.54) is 30.0 Å². The van der Waals surface area contributed by atoms with E-state index in [4.69, 9.17) is 5.21 Å². The highest BCUT2D eigenvalue weighted by Gasteiger charge is 2.43. The molecular formula is C17H13F3N4O2S. The minimum atomic E-state index is -4.35. The van der Waals surface area contributed by atoms with E-state index in [1.807, 2.05) is 4.90 Å². The molecule has 0 radical (unpaired) electrons. The summed E-state index contributed by atoms with van der Waals surface area (Å²) in [4.78, 5) is 21.8. The highest BCUT2D eigenvalue weighted by Crippen LogP contribution is 2.50. The van der Waals surface area contributed by atoms with Crippen molar-refractivity contribution < 1.29 is 23.2 Å². The fourth-order valence-corrected chi connectivity index (χ4v) is 3.91. The SMILES string of the molecule is O=C(NO)c1cnc(N2C(c3cccc(SC(F)(F)F)c3)=C3CC2C3)nc1. The molecule has 2 aliphatic heterocycles. The van der Waals surface area contributed by atoms with Gasteiger partial charge in [-0.15, -0.1) is 0 Å². The molecule has 2 aromatic rings. The lowest BCUT2D eigenvalue weighted by molar-refractivity contribution is -0.0328. The zero-order valence-corrected chi connectivity index (χ0v) is 14.5. The number of rotatable bonds is 4. The van der Waals surface area contributed by atoms with Crippen molar-refractivity contribution in [3.8, 4) is 0 Å². The van der Waals surface area contributed by atoms with Crippen molar-refractivity contribution in [1.82, 2.24) is 15.4 Å². The summed E-state index contributed by atoms with van der Waals surface area (Å²) in [7, 11) is 0. The maximum Gasteiger partial charge on any atom is 0.446 e. The Morgan fingerprint density at radius 2 is 1.96 bits per heavy atom. The van der Waals surface area contributed by atoms with Gasteiger partial charge in [0.1, 0.15) is 0 Å². The van der Waals surface area contributed by atoms with Crippen LogP contribution in [0.15, 0.2) is 47.1 Å². The van der Waals surface area contributed by atoms with E-state index < -0.39 is 11.4 Å². The number of fused-ring (bicyclic) bond motifs is 1. The van der Waals surface area contributed by atoms with Crippen LogP contribution in [0.1, 0.15) is 28.8 Å². The van der Waals surface area contributed by atoms with E-state index in [0.717, 1.165) is 24.1 Å². The van der Waals surface area contributed by atoms with Crippen LogP contribution in [-0.4, -0.2) is 32.6 Å². The highest BCUT2D eigenvalue weighted by atomic mass is 32.2. The van der Waals surface area contributed by atoms with Crippen LogP contribution in [0.5, 0.6) is 0 Å².